The van der Waals surface area contributed by atoms with Crippen molar-refractivity contribution in [1.82, 2.24) is 0 Å². The molecule has 0 saturated heterocycles. The molecule has 3 heteroatoms. The number of fused-ring (bicyclic) bond motifs is 1. The van der Waals surface area contributed by atoms with E-state index in [9.17, 15) is 0 Å². The summed E-state index contributed by atoms with van der Waals surface area (Å²) in [5.74, 6) is 0.988. The predicted octanol–water partition coefficient (Wildman–Crippen LogP) is 4.02. The summed E-state index contributed by atoms with van der Waals surface area (Å²) in [4.78, 5) is 0. The van der Waals surface area contributed by atoms with Gasteiger partial charge in [0.1, 0.15) is 5.75 Å². The second-order valence-electron chi connectivity index (χ2n) is 5.27. The molecule has 2 nitrogen and oxygen atoms in total. The molecular formula is C17H18ClNO. The minimum atomic E-state index is -0.199. The van der Waals surface area contributed by atoms with Gasteiger partial charge in [0.15, 0.2) is 0 Å². The molecule has 1 atom stereocenters. The summed E-state index contributed by atoms with van der Waals surface area (Å²) in [6, 6.07) is 12.0. The van der Waals surface area contributed by atoms with Crippen LogP contribution in [0.3, 0.4) is 0 Å². The van der Waals surface area contributed by atoms with Gasteiger partial charge in [0.05, 0.1) is 12.6 Å². The van der Waals surface area contributed by atoms with Crippen LogP contribution in [0.25, 0.3) is 0 Å². The molecule has 0 fully saturated rings. The normalized spacial score (nSPS) is 15.3. The molecule has 2 aromatic carbocycles. The zero-order valence-electron chi connectivity index (χ0n) is 11.5. The zero-order valence-corrected chi connectivity index (χ0v) is 12.3. The van der Waals surface area contributed by atoms with Crippen LogP contribution in [-0.4, -0.2) is 6.61 Å². The average molecular weight is 288 g/mol. The number of halogens is 1. The average Bonchev–Trinajstić information content (AvgIpc) is 2.49. The molecule has 0 bridgehead atoms. The van der Waals surface area contributed by atoms with Gasteiger partial charge in [-0.05, 0) is 48.1 Å². The molecule has 0 radical (unpaired) electrons. The number of benzene rings is 2. The monoisotopic (exact) mass is 287 g/mol. The Morgan fingerprint density at radius 2 is 2.10 bits per heavy atom. The molecule has 0 amide bonds. The van der Waals surface area contributed by atoms with Crippen molar-refractivity contribution in [3.63, 3.8) is 0 Å². The van der Waals surface area contributed by atoms with Crippen LogP contribution in [-0.2, 0) is 6.42 Å². The van der Waals surface area contributed by atoms with Gasteiger partial charge in [-0.15, -0.1) is 0 Å². The fraction of sp³-hybridized carbons (Fsp3) is 0.294. The first-order chi connectivity index (χ1) is 9.66. The van der Waals surface area contributed by atoms with Crippen molar-refractivity contribution in [1.29, 1.82) is 0 Å². The van der Waals surface area contributed by atoms with Gasteiger partial charge < -0.3 is 10.5 Å². The highest BCUT2D eigenvalue weighted by atomic mass is 35.5. The van der Waals surface area contributed by atoms with E-state index in [4.69, 9.17) is 22.1 Å². The number of rotatable bonds is 2. The lowest BCUT2D eigenvalue weighted by Gasteiger charge is -2.21. The molecule has 104 valence electrons. The molecule has 3 rings (SSSR count). The predicted molar refractivity (Wildman–Crippen MR) is 82.5 cm³/mol. The van der Waals surface area contributed by atoms with E-state index in [0.29, 0.717) is 0 Å². The number of nitrogens with two attached hydrogens (primary N) is 1. The summed E-state index contributed by atoms with van der Waals surface area (Å²) in [6.45, 7) is 2.81. The van der Waals surface area contributed by atoms with Gasteiger partial charge in [0.25, 0.3) is 0 Å². The van der Waals surface area contributed by atoms with E-state index in [1.165, 1.54) is 5.56 Å². The van der Waals surface area contributed by atoms with Crippen molar-refractivity contribution in [2.45, 2.75) is 25.8 Å². The summed E-state index contributed by atoms with van der Waals surface area (Å²) in [5, 5.41) is 0.758. The Labute approximate surface area is 124 Å². The fourth-order valence-electron chi connectivity index (χ4n) is 2.66. The van der Waals surface area contributed by atoms with Crippen molar-refractivity contribution >= 4 is 11.6 Å². The first-order valence-electron chi connectivity index (χ1n) is 6.93. The van der Waals surface area contributed by atoms with Crippen LogP contribution in [0, 0.1) is 6.92 Å². The van der Waals surface area contributed by atoms with Crippen LogP contribution in [0.5, 0.6) is 5.75 Å². The highest BCUT2D eigenvalue weighted by molar-refractivity contribution is 6.32. The van der Waals surface area contributed by atoms with Gasteiger partial charge in [-0.2, -0.15) is 0 Å². The lowest BCUT2D eigenvalue weighted by Crippen LogP contribution is -2.15. The molecule has 0 spiro atoms. The smallest absolute Gasteiger partial charge is 0.122 e. The van der Waals surface area contributed by atoms with Crippen LogP contribution in [0.15, 0.2) is 36.4 Å². The van der Waals surface area contributed by atoms with Gasteiger partial charge in [-0.25, -0.2) is 0 Å². The van der Waals surface area contributed by atoms with Gasteiger partial charge in [0, 0.05) is 5.02 Å². The molecule has 2 aromatic rings. The van der Waals surface area contributed by atoms with Crippen LogP contribution in [0.4, 0.5) is 0 Å². The molecule has 0 aliphatic carbocycles. The molecule has 0 aromatic heterocycles. The molecular weight excluding hydrogens is 270 g/mol. The van der Waals surface area contributed by atoms with Crippen LogP contribution in [0.1, 0.15) is 34.7 Å². The molecule has 1 aliphatic heterocycles. The van der Waals surface area contributed by atoms with Crippen molar-refractivity contribution in [3.05, 3.63) is 63.7 Å². The molecule has 20 heavy (non-hydrogen) atoms. The molecule has 1 heterocycles. The van der Waals surface area contributed by atoms with Crippen molar-refractivity contribution in [3.8, 4) is 5.75 Å². The van der Waals surface area contributed by atoms with E-state index in [-0.39, 0.29) is 6.04 Å². The summed E-state index contributed by atoms with van der Waals surface area (Å²) in [6.07, 6.45) is 2.12. The Morgan fingerprint density at radius 1 is 1.25 bits per heavy atom. The van der Waals surface area contributed by atoms with Crippen molar-refractivity contribution < 1.29 is 4.74 Å². The first kappa shape index (κ1) is 13.5. The minimum Gasteiger partial charge on any atom is -0.493 e. The topological polar surface area (TPSA) is 35.2 Å². The maximum Gasteiger partial charge on any atom is 0.122 e. The molecule has 0 saturated carbocycles. The quantitative estimate of drug-likeness (QED) is 0.905. The SMILES string of the molecule is Cc1cccc(C(N)c2ccc3c(c2)CCCO3)c1Cl. The van der Waals surface area contributed by atoms with E-state index < -0.39 is 0 Å². The van der Waals surface area contributed by atoms with Crippen molar-refractivity contribution in [2.24, 2.45) is 5.73 Å². The lowest BCUT2D eigenvalue weighted by atomic mass is 9.94. The van der Waals surface area contributed by atoms with Gasteiger partial charge in [0.2, 0.25) is 0 Å². The number of hydrogen-bond donors (Lipinski definition) is 1. The second-order valence-corrected chi connectivity index (χ2v) is 5.65. The summed E-state index contributed by atoms with van der Waals surface area (Å²) in [5.41, 5.74) is 10.8. The number of aryl methyl sites for hydroxylation is 2. The van der Waals surface area contributed by atoms with Gasteiger partial charge in [-0.1, -0.05) is 41.9 Å². The van der Waals surface area contributed by atoms with Crippen LogP contribution in [0.2, 0.25) is 5.02 Å². The summed E-state index contributed by atoms with van der Waals surface area (Å²) in [7, 11) is 0. The third kappa shape index (κ3) is 2.41. The molecule has 1 unspecified atom stereocenters. The highest BCUT2D eigenvalue weighted by Crippen LogP contribution is 2.32. The fourth-order valence-corrected chi connectivity index (χ4v) is 2.91. The first-order valence-corrected chi connectivity index (χ1v) is 7.31. The third-order valence-electron chi connectivity index (χ3n) is 3.85. The largest absolute Gasteiger partial charge is 0.493 e. The van der Waals surface area contributed by atoms with Crippen LogP contribution < -0.4 is 10.5 Å². The van der Waals surface area contributed by atoms with E-state index in [0.717, 1.165) is 46.9 Å². The van der Waals surface area contributed by atoms with E-state index >= 15 is 0 Å². The standard InChI is InChI=1S/C17H18ClNO/c1-11-4-2-6-14(16(11)18)17(19)13-7-8-15-12(10-13)5-3-9-20-15/h2,4,6-8,10,17H,3,5,9,19H2,1H3. The van der Waals surface area contributed by atoms with E-state index in [2.05, 4.69) is 6.07 Å². The van der Waals surface area contributed by atoms with Crippen LogP contribution >= 0.6 is 11.6 Å². The summed E-state index contributed by atoms with van der Waals surface area (Å²) >= 11 is 6.38. The maximum atomic E-state index is 6.39. The number of hydrogen-bond acceptors (Lipinski definition) is 2. The van der Waals surface area contributed by atoms with Crippen molar-refractivity contribution in [2.75, 3.05) is 6.61 Å². The highest BCUT2D eigenvalue weighted by Gasteiger charge is 2.17. The zero-order chi connectivity index (χ0) is 14.1. The summed E-state index contributed by atoms with van der Waals surface area (Å²) < 4.78 is 5.64. The third-order valence-corrected chi connectivity index (χ3v) is 4.36. The Balaban J connectivity index is 1.98. The maximum absolute atomic E-state index is 6.39. The molecule has 1 aliphatic rings. The Hall–Kier alpha value is -1.51. The minimum absolute atomic E-state index is 0.199. The lowest BCUT2D eigenvalue weighted by molar-refractivity contribution is 0.288. The Morgan fingerprint density at radius 3 is 2.95 bits per heavy atom. The number of ether oxygens (including phenoxy) is 1. The Bertz CT molecular complexity index is 639. The molecule has 2 N–H and O–H groups in total. The van der Waals surface area contributed by atoms with Gasteiger partial charge >= 0.3 is 0 Å². The van der Waals surface area contributed by atoms with E-state index in [1.807, 2.05) is 37.3 Å². The Kier molecular flexibility index (Phi) is 3.68. The second kappa shape index (κ2) is 5.47. The van der Waals surface area contributed by atoms with Gasteiger partial charge in [-0.3, -0.25) is 0 Å². The van der Waals surface area contributed by atoms with E-state index in [1.54, 1.807) is 0 Å².